The number of aromatic nitrogens is 1. The van der Waals surface area contributed by atoms with Crippen LogP contribution < -0.4 is 19.9 Å². The zero-order chi connectivity index (χ0) is 25.0. The van der Waals surface area contributed by atoms with Crippen molar-refractivity contribution in [2.45, 2.75) is 80.4 Å². The maximum atomic E-state index is 13.7. The lowest BCUT2D eigenvalue weighted by Crippen LogP contribution is -2.39. The van der Waals surface area contributed by atoms with Crippen LogP contribution >= 0.6 is 0 Å². The number of fused-ring (bicyclic) bond motifs is 1. The van der Waals surface area contributed by atoms with Gasteiger partial charge >= 0.3 is 6.09 Å². The van der Waals surface area contributed by atoms with Gasteiger partial charge in [-0.05, 0) is 57.7 Å². The standard InChI is InChI=1S/C26H40N2O5/c1-10-12-15-32-21-20-16-18(31-11-2)13-14-19(20)23(29)28(17-25(3,4)5)22(21)27(9)24(30)33-26(6,7)8/h13-14,16H,10-12,15,17H2,1-9H3. The number of unbranched alkanes of at least 4 members (excludes halogenated alkanes) is 1. The highest BCUT2D eigenvalue weighted by Gasteiger charge is 2.29. The van der Waals surface area contributed by atoms with Crippen LogP contribution in [0, 0.1) is 5.41 Å². The Kier molecular flexibility index (Phi) is 8.44. The van der Waals surface area contributed by atoms with Gasteiger partial charge in [0.15, 0.2) is 11.6 Å². The van der Waals surface area contributed by atoms with Crippen molar-refractivity contribution in [3.05, 3.63) is 28.6 Å². The van der Waals surface area contributed by atoms with Crippen molar-refractivity contribution in [3.63, 3.8) is 0 Å². The third-order valence-corrected chi connectivity index (χ3v) is 4.84. The molecule has 7 heteroatoms. The Labute approximate surface area is 197 Å². The number of nitrogens with zero attached hydrogens (tertiary/aromatic N) is 2. The van der Waals surface area contributed by atoms with E-state index in [0.29, 0.717) is 47.8 Å². The number of ether oxygens (including phenoxy) is 3. The SMILES string of the molecule is CCCCOc1c(N(C)C(=O)OC(C)(C)C)n(CC(C)(C)C)c(=O)c2ccc(OCC)cc12. The first kappa shape index (κ1) is 26.6. The molecule has 0 radical (unpaired) electrons. The highest BCUT2D eigenvalue weighted by molar-refractivity contribution is 5.97. The average Bonchev–Trinajstić information content (AvgIpc) is 2.69. The van der Waals surface area contributed by atoms with Crippen molar-refractivity contribution in [2.24, 2.45) is 5.41 Å². The highest BCUT2D eigenvalue weighted by atomic mass is 16.6. The second-order valence-corrected chi connectivity index (χ2v) is 10.5. The monoisotopic (exact) mass is 460 g/mol. The first-order valence-electron chi connectivity index (χ1n) is 11.7. The molecule has 1 amide bonds. The topological polar surface area (TPSA) is 70.0 Å². The first-order chi connectivity index (χ1) is 15.3. The molecular weight excluding hydrogens is 420 g/mol. The summed E-state index contributed by atoms with van der Waals surface area (Å²) in [5.41, 5.74) is -1.08. The summed E-state index contributed by atoms with van der Waals surface area (Å²) in [5.74, 6) is 1.52. The summed E-state index contributed by atoms with van der Waals surface area (Å²) in [4.78, 5) is 28.1. The minimum absolute atomic E-state index is 0.184. The van der Waals surface area contributed by atoms with Gasteiger partial charge in [0.05, 0.1) is 18.6 Å². The molecule has 0 fully saturated rings. The van der Waals surface area contributed by atoms with Crippen LogP contribution in [-0.2, 0) is 11.3 Å². The van der Waals surface area contributed by atoms with Gasteiger partial charge in [-0.2, -0.15) is 0 Å². The van der Waals surface area contributed by atoms with Crippen molar-refractivity contribution in [1.82, 2.24) is 4.57 Å². The highest BCUT2D eigenvalue weighted by Crippen LogP contribution is 2.38. The van der Waals surface area contributed by atoms with Gasteiger partial charge in [-0.25, -0.2) is 4.79 Å². The number of carbonyl (C=O) groups is 1. The van der Waals surface area contributed by atoms with Crippen LogP contribution in [0.25, 0.3) is 10.8 Å². The summed E-state index contributed by atoms with van der Waals surface area (Å²) in [6.45, 7) is 17.0. The molecule has 0 aliphatic heterocycles. The summed E-state index contributed by atoms with van der Waals surface area (Å²) >= 11 is 0. The predicted octanol–water partition coefficient (Wildman–Crippen LogP) is 6.00. The molecule has 2 aromatic rings. The van der Waals surface area contributed by atoms with Crippen LogP contribution in [-0.4, -0.2) is 36.5 Å². The fourth-order valence-electron chi connectivity index (χ4n) is 3.47. The Hall–Kier alpha value is -2.70. The van der Waals surface area contributed by atoms with Crippen LogP contribution in [0.5, 0.6) is 11.5 Å². The summed E-state index contributed by atoms with van der Waals surface area (Å²) in [5, 5.41) is 1.15. The Morgan fingerprint density at radius 2 is 1.70 bits per heavy atom. The summed E-state index contributed by atoms with van der Waals surface area (Å²) in [6, 6.07) is 5.38. The predicted molar refractivity (Wildman–Crippen MR) is 134 cm³/mol. The van der Waals surface area contributed by atoms with E-state index in [1.54, 1.807) is 23.7 Å². The lowest BCUT2D eigenvalue weighted by molar-refractivity contribution is 0.0585. The van der Waals surface area contributed by atoms with Gasteiger partial charge in [0.2, 0.25) is 0 Å². The lowest BCUT2D eigenvalue weighted by atomic mass is 9.96. The van der Waals surface area contributed by atoms with Crippen LogP contribution in [0.4, 0.5) is 10.6 Å². The quantitative estimate of drug-likeness (QED) is 0.452. The summed E-state index contributed by atoms with van der Waals surface area (Å²) in [7, 11) is 1.62. The van der Waals surface area contributed by atoms with Gasteiger partial charge < -0.3 is 14.2 Å². The second kappa shape index (κ2) is 10.5. The van der Waals surface area contributed by atoms with Crippen molar-refractivity contribution >= 4 is 22.7 Å². The molecule has 1 aromatic carbocycles. The summed E-state index contributed by atoms with van der Waals surface area (Å²) in [6.07, 6.45) is 1.26. The van der Waals surface area contributed by atoms with Gasteiger partial charge in [0.1, 0.15) is 11.4 Å². The lowest BCUT2D eigenvalue weighted by Gasteiger charge is -2.30. The molecule has 33 heavy (non-hydrogen) atoms. The number of rotatable bonds is 8. The molecule has 0 aliphatic carbocycles. The molecule has 0 atom stereocenters. The molecule has 184 valence electrons. The van der Waals surface area contributed by atoms with Crippen LogP contribution in [0.15, 0.2) is 23.0 Å². The van der Waals surface area contributed by atoms with Gasteiger partial charge in [-0.3, -0.25) is 14.3 Å². The Bertz CT molecular complexity index is 1030. The minimum Gasteiger partial charge on any atom is -0.494 e. The number of hydrogen-bond donors (Lipinski definition) is 0. The molecule has 1 aromatic heterocycles. The number of benzene rings is 1. The van der Waals surface area contributed by atoms with E-state index in [1.165, 1.54) is 4.90 Å². The molecule has 1 heterocycles. The average molecular weight is 461 g/mol. The van der Waals surface area contributed by atoms with E-state index in [0.717, 1.165) is 12.8 Å². The van der Waals surface area contributed by atoms with E-state index < -0.39 is 11.7 Å². The van der Waals surface area contributed by atoms with Gasteiger partial charge in [0, 0.05) is 19.0 Å². The molecule has 0 saturated carbocycles. The number of hydrogen-bond acceptors (Lipinski definition) is 5. The molecule has 7 nitrogen and oxygen atoms in total. The Balaban J connectivity index is 2.87. The van der Waals surface area contributed by atoms with Crippen molar-refractivity contribution in [2.75, 3.05) is 25.2 Å². The van der Waals surface area contributed by atoms with Crippen LogP contribution in [0.1, 0.15) is 68.2 Å². The third-order valence-electron chi connectivity index (χ3n) is 4.84. The van der Waals surface area contributed by atoms with Gasteiger partial charge in [0.25, 0.3) is 5.56 Å². The van der Waals surface area contributed by atoms with E-state index in [2.05, 4.69) is 27.7 Å². The molecule has 0 spiro atoms. The van der Waals surface area contributed by atoms with E-state index >= 15 is 0 Å². The molecular formula is C26H40N2O5. The van der Waals surface area contributed by atoms with Crippen molar-refractivity contribution in [3.8, 4) is 11.5 Å². The van der Waals surface area contributed by atoms with Crippen LogP contribution in [0.2, 0.25) is 0 Å². The largest absolute Gasteiger partial charge is 0.494 e. The molecule has 0 saturated heterocycles. The molecule has 0 unspecified atom stereocenters. The maximum absolute atomic E-state index is 13.7. The fraction of sp³-hybridized carbons (Fsp3) is 0.615. The molecule has 2 rings (SSSR count). The number of anilines is 1. The van der Waals surface area contributed by atoms with Crippen LogP contribution in [0.3, 0.4) is 0 Å². The number of amides is 1. The first-order valence-corrected chi connectivity index (χ1v) is 11.7. The smallest absolute Gasteiger partial charge is 0.415 e. The fourth-order valence-corrected chi connectivity index (χ4v) is 3.47. The maximum Gasteiger partial charge on any atom is 0.415 e. The zero-order valence-electron chi connectivity index (χ0n) is 21.7. The molecule has 0 aliphatic rings. The van der Waals surface area contributed by atoms with Crippen molar-refractivity contribution < 1.29 is 19.0 Å². The van der Waals surface area contributed by atoms with E-state index in [9.17, 15) is 9.59 Å². The Morgan fingerprint density at radius 3 is 2.24 bits per heavy atom. The van der Waals surface area contributed by atoms with Gasteiger partial charge in [-0.15, -0.1) is 0 Å². The third kappa shape index (κ3) is 6.89. The minimum atomic E-state index is -0.678. The second-order valence-electron chi connectivity index (χ2n) is 10.5. The zero-order valence-corrected chi connectivity index (χ0v) is 21.7. The Morgan fingerprint density at radius 1 is 1.03 bits per heavy atom. The van der Waals surface area contributed by atoms with Gasteiger partial charge in [-0.1, -0.05) is 34.1 Å². The number of carbonyl (C=O) groups excluding carboxylic acids is 1. The van der Waals surface area contributed by atoms with Crippen molar-refractivity contribution in [1.29, 1.82) is 0 Å². The normalized spacial score (nSPS) is 12.0. The van der Waals surface area contributed by atoms with E-state index in [4.69, 9.17) is 14.2 Å². The number of pyridine rings is 1. The van der Waals surface area contributed by atoms with E-state index in [1.807, 2.05) is 33.8 Å². The van der Waals surface area contributed by atoms with E-state index in [-0.39, 0.29) is 11.0 Å². The molecule has 0 bridgehead atoms. The summed E-state index contributed by atoms with van der Waals surface area (Å²) < 4.78 is 19.2. The molecule has 0 N–H and O–H groups in total.